The monoisotopic (exact) mass is 433 g/mol. The molecule has 2 aliphatic rings. The number of likely N-dealkylation sites (tertiary alicyclic amines) is 1. The van der Waals surface area contributed by atoms with Crippen LogP contribution in [0.5, 0.6) is 5.75 Å². The summed E-state index contributed by atoms with van der Waals surface area (Å²) in [4.78, 5) is 23.3. The Bertz CT molecular complexity index is 750. The molecule has 1 saturated heterocycles. The molecule has 1 aromatic heterocycles. The first-order chi connectivity index (χ1) is 15.1. The van der Waals surface area contributed by atoms with Crippen molar-refractivity contribution in [2.24, 2.45) is 11.8 Å². The molecule has 0 amide bonds. The predicted octanol–water partition coefficient (Wildman–Crippen LogP) is 1.96. The lowest BCUT2D eigenvalue weighted by molar-refractivity contribution is -0.123. The standard InChI is InChI=1S/C20H27N3O2.2CH2O2/c24-19-10-17-13-23(14-18(17)11-19)12-16-3-1-4-20(9-16)25-8-2-6-22-7-5-21-15-22;2*2-1-3/h1,3-5,7,9,15,17-19,24H,2,6,8,10-14H2;2*1H,(H,2,3)/t17-,18+,19?;;. The van der Waals surface area contributed by atoms with Gasteiger partial charge in [-0.1, -0.05) is 12.1 Å². The molecule has 31 heavy (non-hydrogen) atoms. The van der Waals surface area contributed by atoms with Crippen molar-refractivity contribution in [3.63, 3.8) is 0 Å². The summed E-state index contributed by atoms with van der Waals surface area (Å²) < 4.78 is 7.98. The number of aliphatic hydroxyl groups excluding tert-OH is 1. The van der Waals surface area contributed by atoms with Crippen molar-refractivity contribution in [1.29, 1.82) is 0 Å². The van der Waals surface area contributed by atoms with Gasteiger partial charge in [0.05, 0.1) is 19.0 Å². The average molecular weight is 434 g/mol. The van der Waals surface area contributed by atoms with E-state index in [2.05, 4.69) is 32.7 Å². The molecule has 0 spiro atoms. The SMILES string of the molecule is O=CO.O=CO.OC1C[C@@H]2CN(Cc3cccc(OCCCn4ccnc4)c3)C[C@@H]2C1. The van der Waals surface area contributed by atoms with Gasteiger partial charge >= 0.3 is 0 Å². The summed E-state index contributed by atoms with van der Waals surface area (Å²) in [5, 5.41) is 23.5. The molecule has 0 bridgehead atoms. The Hall–Kier alpha value is -2.91. The van der Waals surface area contributed by atoms with Crippen molar-refractivity contribution in [2.75, 3.05) is 19.7 Å². The fraction of sp³-hybridized carbons (Fsp3) is 0.500. The Balaban J connectivity index is 0.000000513. The maximum Gasteiger partial charge on any atom is 0.290 e. The third kappa shape index (κ3) is 8.39. The Kier molecular flexibility index (Phi) is 10.5. The number of rotatable bonds is 7. The number of carbonyl (C=O) groups is 2. The summed E-state index contributed by atoms with van der Waals surface area (Å²) in [6, 6.07) is 8.47. The van der Waals surface area contributed by atoms with E-state index in [-0.39, 0.29) is 19.0 Å². The highest BCUT2D eigenvalue weighted by Crippen LogP contribution is 2.38. The highest BCUT2D eigenvalue weighted by Gasteiger charge is 2.39. The molecule has 1 aliphatic carbocycles. The van der Waals surface area contributed by atoms with Gasteiger partial charge in [-0.2, -0.15) is 0 Å². The van der Waals surface area contributed by atoms with Crippen LogP contribution >= 0.6 is 0 Å². The predicted molar refractivity (Wildman–Crippen MR) is 114 cm³/mol. The van der Waals surface area contributed by atoms with E-state index in [4.69, 9.17) is 24.5 Å². The number of aryl methyl sites for hydroxylation is 1. The Morgan fingerprint density at radius 3 is 2.42 bits per heavy atom. The molecular weight excluding hydrogens is 402 g/mol. The second kappa shape index (κ2) is 13.4. The van der Waals surface area contributed by atoms with Crippen molar-refractivity contribution in [3.05, 3.63) is 48.5 Å². The maximum absolute atomic E-state index is 9.77. The van der Waals surface area contributed by atoms with E-state index in [0.29, 0.717) is 18.4 Å². The number of fused-ring (bicyclic) bond motifs is 1. The first kappa shape index (κ1) is 24.4. The number of hydrogen-bond donors (Lipinski definition) is 3. The molecule has 1 aliphatic heterocycles. The van der Waals surface area contributed by atoms with Gasteiger partial charge in [0, 0.05) is 38.6 Å². The minimum absolute atomic E-state index is 0.0591. The zero-order valence-corrected chi connectivity index (χ0v) is 17.5. The molecular formula is C22H31N3O6. The number of ether oxygens (including phenoxy) is 1. The first-order valence-electron chi connectivity index (χ1n) is 10.3. The van der Waals surface area contributed by atoms with Gasteiger partial charge in [-0.15, -0.1) is 0 Å². The topological polar surface area (TPSA) is 125 Å². The quantitative estimate of drug-likeness (QED) is 0.447. The number of hydrogen-bond acceptors (Lipinski definition) is 6. The van der Waals surface area contributed by atoms with Crippen LogP contribution in [0.25, 0.3) is 0 Å². The van der Waals surface area contributed by atoms with Gasteiger partial charge in [0.1, 0.15) is 5.75 Å². The Morgan fingerprint density at radius 2 is 1.81 bits per heavy atom. The molecule has 9 heteroatoms. The van der Waals surface area contributed by atoms with Gasteiger partial charge in [0.2, 0.25) is 0 Å². The number of benzene rings is 1. The van der Waals surface area contributed by atoms with Gasteiger partial charge in [-0.3, -0.25) is 14.5 Å². The lowest BCUT2D eigenvalue weighted by Gasteiger charge is -2.18. The number of aromatic nitrogens is 2. The van der Waals surface area contributed by atoms with Crippen LogP contribution in [0.4, 0.5) is 0 Å². The fourth-order valence-corrected chi connectivity index (χ4v) is 4.34. The normalized spacial score (nSPS) is 21.8. The Morgan fingerprint density at radius 1 is 1.13 bits per heavy atom. The smallest absolute Gasteiger partial charge is 0.290 e. The molecule has 1 aromatic carbocycles. The second-order valence-electron chi connectivity index (χ2n) is 7.70. The number of aliphatic hydroxyl groups is 1. The highest BCUT2D eigenvalue weighted by atomic mass is 16.5. The second-order valence-corrected chi connectivity index (χ2v) is 7.70. The summed E-state index contributed by atoms with van der Waals surface area (Å²) in [7, 11) is 0. The minimum Gasteiger partial charge on any atom is -0.494 e. The maximum atomic E-state index is 9.77. The van der Waals surface area contributed by atoms with Crippen LogP contribution in [-0.4, -0.2) is 68.5 Å². The minimum atomic E-state index is -0.250. The van der Waals surface area contributed by atoms with Crippen molar-refractivity contribution >= 4 is 12.9 Å². The summed E-state index contributed by atoms with van der Waals surface area (Å²) in [6.07, 6.45) is 8.50. The van der Waals surface area contributed by atoms with E-state index in [0.717, 1.165) is 51.2 Å². The van der Waals surface area contributed by atoms with Crippen LogP contribution in [0.1, 0.15) is 24.8 Å². The average Bonchev–Trinajstić information content (AvgIpc) is 3.44. The number of carboxylic acid groups (broad SMARTS) is 2. The van der Waals surface area contributed by atoms with E-state index >= 15 is 0 Å². The first-order valence-corrected chi connectivity index (χ1v) is 10.3. The number of imidazole rings is 1. The third-order valence-electron chi connectivity index (χ3n) is 5.49. The van der Waals surface area contributed by atoms with Crippen LogP contribution in [0.3, 0.4) is 0 Å². The molecule has 9 nitrogen and oxygen atoms in total. The van der Waals surface area contributed by atoms with Gasteiger partial charge < -0.3 is 24.6 Å². The highest BCUT2D eigenvalue weighted by molar-refractivity contribution is 5.33. The van der Waals surface area contributed by atoms with E-state index in [1.807, 2.05) is 18.6 Å². The van der Waals surface area contributed by atoms with Gasteiger partial charge in [0.15, 0.2) is 0 Å². The van der Waals surface area contributed by atoms with E-state index < -0.39 is 0 Å². The van der Waals surface area contributed by atoms with Crippen LogP contribution < -0.4 is 4.74 Å². The van der Waals surface area contributed by atoms with Crippen molar-refractivity contribution < 1.29 is 29.6 Å². The molecule has 170 valence electrons. The summed E-state index contributed by atoms with van der Waals surface area (Å²) in [5.41, 5.74) is 1.31. The Labute approximate surface area is 181 Å². The van der Waals surface area contributed by atoms with Crippen LogP contribution in [0, 0.1) is 11.8 Å². The molecule has 2 fully saturated rings. The van der Waals surface area contributed by atoms with Crippen LogP contribution in [0.15, 0.2) is 43.0 Å². The third-order valence-corrected chi connectivity index (χ3v) is 5.49. The van der Waals surface area contributed by atoms with Crippen LogP contribution in [0.2, 0.25) is 0 Å². The molecule has 0 radical (unpaired) electrons. The fourth-order valence-electron chi connectivity index (χ4n) is 4.34. The zero-order valence-electron chi connectivity index (χ0n) is 17.5. The molecule has 2 heterocycles. The van der Waals surface area contributed by atoms with E-state index in [1.165, 1.54) is 5.56 Å². The number of nitrogens with zero attached hydrogens (tertiary/aromatic N) is 3. The molecule has 1 saturated carbocycles. The van der Waals surface area contributed by atoms with Gasteiger partial charge in [-0.25, -0.2) is 4.98 Å². The van der Waals surface area contributed by atoms with Crippen molar-refractivity contribution in [1.82, 2.24) is 14.5 Å². The summed E-state index contributed by atoms with van der Waals surface area (Å²) in [6.45, 7) is 4.38. The zero-order chi connectivity index (χ0) is 22.5. The van der Waals surface area contributed by atoms with Crippen molar-refractivity contribution in [2.45, 2.75) is 38.5 Å². The van der Waals surface area contributed by atoms with Crippen molar-refractivity contribution in [3.8, 4) is 5.75 Å². The molecule has 3 atom stereocenters. The molecule has 1 unspecified atom stereocenters. The summed E-state index contributed by atoms with van der Waals surface area (Å²) in [5.74, 6) is 2.34. The van der Waals surface area contributed by atoms with Gasteiger partial charge in [0.25, 0.3) is 12.9 Å². The van der Waals surface area contributed by atoms with Gasteiger partial charge in [-0.05, 0) is 48.8 Å². The van der Waals surface area contributed by atoms with E-state index in [9.17, 15) is 5.11 Å². The lowest BCUT2D eigenvalue weighted by atomic mass is 10.0. The summed E-state index contributed by atoms with van der Waals surface area (Å²) >= 11 is 0. The van der Waals surface area contributed by atoms with E-state index in [1.54, 1.807) is 6.20 Å². The molecule has 4 rings (SSSR count). The lowest BCUT2D eigenvalue weighted by Crippen LogP contribution is -2.22. The molecule has 3 N–H and O–H groups in total. The molecule has 2 aromatic rings. The largest absolute Gasteiger partial charge is 0.494 e. The van der Waals surface area contributed by atoms with Crippen LogP contribution in [-0.2, 0) is 22.7 Å².